The van der Waals surface area contributed by atoms with Crippen LogP contribution in [0, 0.1) is 11.3 Å². The van der Waals surface area contributed by atoms with Crippen LogP contribution in [0.2, 0.25) is 0 Å². The first kappa shape index (κ1) is 19.5. The number of allylic oxidation sites excluding steroid dienone is 4. The van der Waals surface area contributed by atoms with Gasteiger partial charge in [-0.3, -0.25) is 0 Å². The fourth-order valence-corrected chi connectivity index (χ4v) is 5.07. The van der Waals surface area contributed by atoms with Crippen molar-refractivity contribution in [3.63, 3.8) is 0 Å². The Morgan fingerprint density at radius 2 is 1.36 bits per heavy atom. The summed E-state index contributed by atoms with van der Waals surface area (Å²) in [6.07, 6.45) is 11.6. The van der Waals surface area contributed by atoms with Crippen LogP contribution in [-0.4, -0.2) is 0 Å². The van der Waals surface area contributed by atoms with E-state index < -0.39 is 0 Å². The van der Waals surface area contributed by atoms with Gasteiger partial charge in [0.05, 0.1) is 0 Å². The van der Waals surface area contributed by atoms with Crippen molar-refractivity contribution < 1.29 is 0 Å². The van der Waals surface area contributed by atoms with E-state index in [-0.39, 0.29) is 0 Å². The van der Waals surface area contributed by atoms with Crippen molar-refractivity contribution in [2.45, 2.75) is 106 Å². The molecule has 0 bridgehead atoms. The van der Waals surface area contributed by atoms with Gasteiger partial charge < -0.3 is 0 Å². The van der Waals surface area contributed by atoms with E-state index in [4.69, 9.17) is 0 Å². The van der Waals surface area contributed by atoms with Crippen LogP contribution in [0.3, 0.4) is 0 Å². The second-order valence-electron chi connectivity index (χ2n) is 7.10. The molecule has 0 aromatic carbocycles. The van der Waals surface area contributed by atoms with Crippen LogP contribution in [0.5, 0.6) is 0 Å². The molecule has 1 rings (SSSR count). The second-order valence-corrected chi connectivity index (χ2v) is 7.10. The van der Waals surface area contributed by atoms with Crippen molar-refractivity contribution in [2.75, 3.05) is 0 Å². The summed E-state index contributed by atoms with van der Waals surface area (Å²) in [5.74, 6) is 0.805. The summed E-state index contributed by atoms with van der Waals surface area (Å²) in [4.78, 5) is 0. The van der Waals surface area contributed by atoms with Crippen LogP contribution >= 0.6 is 0 Å². The molecule has 0 spiro atoms. The van der Waals surface area contributed by atoms with Crippen molar-refractivity contribution >= 4 is 0 Å². The van der Waals surface area contributed by atoms with Gasteiger partial charge in [-0.25, -0.2) is 0 Å². The molecule has 0 aromatic rings. The zero-order valence-electron chi connectivity index (χ0n) is 16.4. The summed E-state index contributed by atoms with van der Waals surface area (Å²) in [5.41, 5.74) is 7.61. The highest BCUT2D eigenvalue weighted by molar-refractivity contribution is 5.32. The monoisotopic (exact) mass is 304 g/mol. The van der Waals surface area contributed by atoms with Gasteiger partial charge in [0.1, 0.15) is 0 Å². The molecule has 128 valence electrons. The largest absolute Gasteiger partial charge is 0.0678 e. The molecule has 0 heteroatoms. The maximum Gasteiger partial charge on any atom is -0.00849 e. The minimum atomic E-state index is 0.459. The van der Waals surface area contributed by atoms with Crippen LogP contribution < -0.4 is 0 Å². The zero-order chi connectivity index (χ0) is 16.8. The van der Waals surface area contributed by atoms with Crippen molar-refractivity contribution in [3.05, 3.63) is 22.3 Å². The molecule has 1 aliphatic carbocycles. The van der Waals surface area contributed by atoms with Crippen LogP contribution in [0.15, 0.2) is 22.3 Å². The Morgan fingerprint density at radius 3 is 1.73 bits per heavy atom. The SMILES string of the molecule is CC/C1=C(\CC)C(CC)CC(CC)(CC)/C(CC)=C(/CC)C1. The summed E-state index contributed by atoms with van der Waals surface area (Å²) in [5, 5.41) is 0. The second kappa shape index (κ2) is 8.94. The first-order valence-electron chi connectivity index (χ1n) is 9.99. The summed E-state index contributed by atoms with van der Waals surface area (Å²) in [7, 11) is 0. The van der Waals surface area contributed by atoms with Crippen molar-refractivity contribution in [1.82, 2.24) is 0 Å². The predicted octanol–water partition coefficient (Wildman–Crippen LogP) is 7.85. The third kappa shape index (κ3) is 3.69. The Kier molecular flexibility index (Phi) is 7.94. The van der Waals surface area contributed by atoms with E-state index in [0.717, 1.165) is 5.92 Å². The molecule has 1 unspecified atom stereocenters. The van der Waals surface area contributed by atoms with Gasteiger partial charge in [-0.2, -0.15) is 0 Å². The van der Waals surface area contributed by atoms with E-state index >= 15 is 0 Å². The summed E-state index contributed by atoms with van der Waals surface area (Å²) in [6, 6.07) is 0. The Labute approximate surface area is 140 Å². The molecule has 0 saturated carbocycles. The number of hydrogen-bond acceptors (Lipinski definition) is 0. The smallest absolute Gasteiger partial charge is 0.00849 e. The highest BCUT2D eigenvalue weighted by atomic mass is 14.4. The van der Waals surface area contributed by atoms with Gasteiger partial charge in [0.15, 0.2) is 0 Å². The summed E-state index contributed by atoms with van der Waals surface area (Å²) < 4.78 is 0. The van der Waals surface area contributed by atoms with Crippen LogP contribution in [-0.2, 0) is 0 Å². The minimum absolute atomic E-state index is 0.459. The third-order valence-electron chi connectivity index (χ3n) is 6.51. The lowest BCUT2D eigenvalue weighted by Gasteiger charge is -2.42. The number of hydrogen-bond donors (Lipinski definition) is 0. The topological polar surface area (TPSA) is 0 Å². The number of rotatable bonds is 7. The predicted molar refractivity (Wildman–Crippen MR) is 101 cm³/mol. The van der Waals surface area contributed by atoms with Crippen molar-refractivity contribution in [1.29, 1.82) is 0 Å². The van der Waals surface area contributed by atoms with Gasteiger partial charge in [0, 0.05) is 0 Å². The highest BCUT2D eigenvalue weighted by Gasteiger charge is 2.36. The Bertz CT molecular complexity index is 404. The van der Waals surface area contributed by atoms with E-state index in [2.05, 4.69) is 48.5 Å². The molecular formula is C22H40. The maximum atomic E-state index is 2.43. The molecule has 22 heavy (non-hydrogen) atoms. The lowest BCUT2D eigenvalue weighted by Crippen LogP contribution is -2.29. The molecular weight excluding hydrogens is 264 g/mol. The third-order valence-corrected chi connectivity index (χ3v) is 6.51. The highest BCUT2D eigenvalue weighted by Crippen LogP contribution is 2.50. The lowest BCUT2D eigenvalue weighted by atomic mass is 9.63. The molecule has 0 heterocycles. The fourth-order valence-electron chi connectivity index (χ4n) is 5.07. The molecule has 0 saturated heterocycles. The standard InChI is InChI=1S/C22H40/c1-8-17-15-18(9-2)21(12-5)22(13-6,14-7)16-19(10-3)20(17)11-4/h19H,8-16H2,1-7H3/b20-17-,21-18-. The Morgan fingerprint density at radius 1 is 0.773 bits per heavy atom. The molecule has 0 aliphatic heterocycles. The van der Waals surface area contributed by atoms with Crippen LogP contribution in [0.25, 0.3) is 0 Å². The average molecular weight is 305 g/mol. The van der Waals surface area contributed by atoms with Crippen LogP contribution in [0.4, 0.5) is 0 Å². The first-order chi connectivity index (χ1) is 10.6. The van der Waals surface area contributed by atoms with E-state index in [1.165, 1.54) is 57.8 Å². The fraction of sp³-hybridized carbons (Fsp3) is 0.818. The molecule has 0 amide bonds. The molecule has 0 N–H and O–H groups in total. The van der Waals surface area contributed by atoms with Crippen molar-refractivity contribution in [2.24, 2.45) is 11.3 Å². The quantitative estimate of drug-likeness (QED) is 0.420. The summed E-state index contributed by atoms with van der Waals surface area (Å²) >= 11 is 0. The van der Waals surface area contributed by atoms with Crippen LogP contribution in [0.1, 0.15) is 106 Å². The van der Waals surface area contributed by atoms with E-state index in [9.17, 15) is 0 Å². The van der Waals surface area contributed by atoms with Gasteiger partial charge >= 0.3 is 0 Å². The van der Waals surface area contributed by atoms with Gasteiger partial charge in [-0.1, -0.05) is 70.8 Å². The van der Waals surface area contributed by atoms with Crippen molar-refractivity contribution in [3.8, 4) is 0 Å². The van der Waals surface area contributed by atoms with Gasteiger partial charge in [0.2, 0.25) is 0 Å². The molecule has 1 aliphatic rings. The first-order valence-corrected chi connectivity index (χ1v) is 9.99. The molecule has 0 radical (unpaired) electrons. The van der Waals surface area contributed by atoms with E-state index in [0.29, 0.717) is 5.41 Å². The van der Waals surface area contributed by atoms with Gasteiger partial charge in [0.25, 0.3) is 0 Å². The Hall–Kier alpha value is -0.520. The van der Waals surface area contributed by atoms with E-state index in [1.807, 2.05) is 5.57 Å². The molecule has 0 fully saturated rings. The Balaban J connectivity index is 3.52. The van der Waals surface area contributed by atoms with Gasteiger partial charge in [-0.05, 0) is 69.1 Å². The van der Waals surface area contributed by atoms with E-state index in [1.54, 1.807) is 16.7 Å². The minimum Gasteiger partial charge on any atom is -0.0678 e. The molecule has 0 aromatic heterocycles. The normalized spacial score (nSPS) is 29.3. The molecule has 0 nitrogen and oxygen atoms in total. The summed E-state index contributed by atoms with van der Waals surface area (Å²) in [6.45, 7) is 16.8. The lowest BCUT2D eigenvalue weighted by molar-refractivity contribution is 0.242. The maximum absolute atomic E-state index is 2.43. The zero-order valence-corrected chi connectivity index (χ0v) is 16.4. The van der Waals surface area contributed by atoms with Gasteiger partial charge in [-0.15, -0.1) is 0 Å². The molecule has 1 atom stereocenters. The average Bonchev–Trinajstić information content (AvgIpc) is 2.55.